The van der Waals surface area contributed by atoms with Crippen molar-refractivity contribution in [3.63, 3.8) is 0 Å². The summed E-state index contributed by atoms with van der Waals surface area (Å²) in [6.45, 7) is 1.90. The number of hydrogen-bond acceptors (Lipinski definition) is 2. The van der Waals surface area contributed by atoms with Gasteiger partial charge in [-0.1, -0.05) is 18.5 Å². The highest BCUT2D eigenvalue weighted by Gasteiger charge is 2.30. The summed E-state index contributed by atoms with van der Waals surface area (Å²) in [7, 11) is 0. The second-order valence-electron chi connectivity index (χ2n) is 3.93. The number of anilines is 1. The molecule has 1 unspecified atom stereocenters. The zero-order chi connectivity index (χ0) is 12.6. The third-order valence-corrected chi connectivity index (χ3v) is 2.76. The molecule has 1 aromatic carbocycles. The summed E-state index contributed by atoms with van der Waals surface area (Å²) >= 11 is 5.72. The maximum Gasteiger partial charge on any atom is 0.328 e. The highest BCUT2D eigenvalue weighted by atomic mass is 35.5. The summed E-state index contributed by atoms with van der Waals surface area (Å²) in [6, 6.07) is 3.28. The van der Waals surface area contributed by atoms with Gasteiger partial charge in [-0.25, -0.2) is 9.18 Å². The number of carbonyl (C=O) groups excluding carboxylic acids is 2. The quantitative estimate of drug-likeness (QED) is 0.837. The van der Waals surface area contributed by atoms with Crippen LogP contribution in [0, 0.1) is 11.7 Å². The van der Waals surface area contributed by atoms with Crippen molar-refractivity contribution in [3.8, 4) is 0 Å². The Labute approximate surface area is 102 Å². The number of halogens is 2. The molecule has 1 saturated heterocycles. The molecule has 0 spiro atoms. The maximum atomic E-state index is 13.2. The lowest BCUT2D eigenvalue weighted by atomic mass is 10.1. The molecule has 1 atom stereocenters. The first kappa shape index (κ1) is 11.9. The highest BCUT2D eigenvalue weighted by molar-refractivity contribution is 6.31. The molecule has 4 nitrogen and oxygen atoms in total. The Morgan fingerprint density at radius 3 is 2.76 bits per heavy atom. The molecule has 0 saturated carbocycles. The standard InChI is InChI=1S/C11H10ClFN2O2/c1-6-5-15(11(17)14-10(6)16)9-3-7(12)2-8(13)4-9/h2-4,6H,5H2,1H3,(H,14,16,17). The maximum absolute atomic E-state index is 13.2. The molecule has 1 fully saturated rings. The fourth-order valence-electron chi connectivity index (χ4n) is 1.65. The number of amides is 3. The zero-order valence-corrected chi connectivity index (χ0v) is 9.79. The van der Waals surface area contributed by atoms with E-state index >= 15 is 0 Å². The summed E-state index contributed by atoms with van der Waals surface area (Å²) in [6.07, 6.45) is 0. The first-order chi connectivity index (χ1) is 7.97. The fraction of sp³-hybridized carbons (Fsp3) is 0.273. The fourth-order valence-corrected chi connectivity index (χ4v) is 1.87. The molecule has 0 bridgehead atoms. The molecule has 6 heteroatoms. The summed E-state index contributed by atoms with van der Waals surface area (Å²) in [5, 5.41) is 2.40. The number of nitrogens with zero attached hydrogens (tertiary/aromatic N) is 1. The number of hydrogen-bond donors (Lipinski definition) is 1. The summed E-state index contributed by atoms with van der Waals surface area (Å²) in [5.74, 6) is -1.19. The molecule has 0 aromatic heterocycles. The van der Waals surface area contributed by atoms with Crippen molar-refractivity contribution in [3.05, 3.63) is 29.0 Å². The lowest BCUT2D eigenvalue weighted by Crippen LogP contribution is -2.53. The van der Waals surface area contributed by atoms with Crippen molar-refractivity contribution in [2.24, 2.45) is 5.92 Å². The first-order valence-electron chi connectivity index (χ1n) is 5.06. The number of carbonyl (C=O) groups is 2. The Morgan fingerprint density at radius 1 is 1.41 bits per heavy atom. The van der Waals surface area contributed by atoms with Gasteiger partial charge in [0.2, 0.25) is 5.91 Å². The minimum Gasteiger partial charge on any atom is -0.293 e. The molecule has 2 rings (SSSR count). The molecule has 0 radical (unpaired) electrons. The predicted octanol–water partition coefficient (Wildman–Crippen LogP) is 2.17. The van der Waals surface area contributed by atoms with Gasteiger partial charge in [0.1, 0.15) is 5.82 Å². The van der Waals surface area contributed by atoms with Crippen molar-refractivity contribution >= 4 is 29.2 Å². The summed E-state index contributed by atoms with van der Waals surface area (Å²) < 4.78 is 13.2. The average molecular weight is 257 g/mol. The molecule has 90 valence electrons. The molecule has 1 N–H and O–H groups in total. The molecular formula is C11H10ClFN2O2. The smallest absolute Gasteiger partial charge is 0.293 e. The third kappa shape index (κ3) is 2.39. The van der Waals surface area contributed by atoms with Gasteiger partial charge in [-0.3, -0.25) is 15.0 Å². The Bertz CT molecular complexity index is 472. The SMILES string of the molecule is CC1CN(c2cc(F)cc(Cl)c2)C(=O)NC1=O. The van der Waals surface area contributed by atoms with Crippen molar-refractivity contribution in [2.45, 2.75) is 6.92 Å². The largest absolute Gasteiger partial charge is 0.328 e. The van der Waals surface area contributed by atoms with Crippen LogP contribution in [0.1, 0.15) is 6.92 Å². The van der Waals surface area contributed by atoms with Gasteiger partial charge in [0.05, 0.1) is 5.92 Å². The third-order valence-electron chi connectivity index (χ3n) is 2.54. The van der Waals surface area contributed by atoms with Crippen LogP contribution in [0.3, 0.4) is 0 Å². The normalized spacial score (nSPS) is 20.4. The van der Waals surface area contributed by atoms with Gasteiger partial charge in [0.25, 0.3) is 0 Å². The molecule has 1 heterocycles. The average Bonchev–Trinajstić information content (AvgIpc) is 2.22. The monoisotopic (exact) mass is 256 g/mol. The second-order valence-corrected chi connectivity index (χ2v) is 4.37. The van der Waals surface area contributed by atoms with Crippen molar-refractivity contribution in [2.75, 3.05) is 11.4 Å². The van der Waals surface area contributed by atoms with Gasteiger partial charge in [-0.2, -0.15) is 0 Å². The molecular weight excluding hydrogens is 247 g/mol. The van der Waals surface area contributed by atoms with E-state index in [9.17, 15) is 14.0 Å². The van der Waals surface area contributed by atoms with E-state index < -0.39 is 11.8 Å². The zero-order valence-electron chi connectivity index (χ0n) is 9.04. The highest BCUT2D eigenvalue weighted by Crippen LogP contribution is 2.24. The molecule has 3 amide bonds. The van der Waals surface area contributed by atoms with E-state index in [-0.39, 0.29) is 23.4 Å². The Morgan fingerprint density at radius 2 is 2.12 bits per heavy atom. The molecule has 1 aliphatic heterocycles. The van der Waals surface area contributed by atoms with E-state index in [1.807, 2.05) is 0 Å². The topological polar surface area (TPSA) is 49.4 Å². The van der Waals surface area contributed by atoms with Crippen LogP contribution < -0.4 is 10.2 Å². The van der Waals surface area contributed by atoms with Gasteiger partial charge in [-0.05, 0) is 18.2 Å². The lowest BCUT2D eigenvalue weighted by molar-refractivity contribution is -0.123. The Kier molecular flexibility index (Phi) is 3.02. The van der Waals surface area contributed by atoms with Crippen molar-refractivity contribution in [1.29, 1.82) is 0 Å². The van der Waals surface area contributed by atoms with Crippen LogP contribution in [-0.2, 0) is 4.79 Å². The molecule has 17 heavy (non-hydrogen) atoms. The minimum atomic E-state index is -0.560. The molecule has 1 aliphatic rings. The number of rotatable bonds is 1. The molecule has 1 aromatic rings. The van der Waals surface area contributed by atoms with Gasteiger partial charge in [0.15, 0.2) is 0 Å². The Hall–Kier alpha value is -1.62. The van der Waals surface area contributed by atoms with E-state index in [4.69, 9.17) is 11.6 Å². The van der Waals surface area contributed by atoms with Crippen LogP contribution in [0.15, 0.2) is 18.2 Å². The van der Waals surface area contributed by atoms with Crippen LogP contribution in [0.25, 0.3) is 0 Å². The van der Waals surface area contributed by atoms with E-state index in [1.165, 1.54) is 17.0 Å². The van der Waals surface area contributed by atoms with E-state index in [0.717, 1.165) is 6.07 Å². The molecule has 0 aliphatic carbocycles. The Balaban J connectivity index is 2.33. The number of urea groups is 1. The summed E-state index contributed by atoms with van der Waals surface area (Å²) in [4.78, 5) is 24.2. The first-order valence-corrected chi connectivity index (χ1v) is 5.43. The van der Waals surface area contributed by atoms with Crippen molar-refractivity contribution in [1.82, 2.24) is 5.32 Å². The number of imide groups is 1. The van der Waals surface area contributed by atoms with Gasteiger partial charge in [0, 0.05) is 17.3 Å². The number of nitrogens with one attached hydrogen (secondary N) is 1. The summed E-state index contributed by atoms with van der Waals surface area (Å²) in [5.41, 5.74) is 0.340. The van der Waals surface area contributed by atoms with E-state index in [2.05, 4.69) is 5.32 Å². The van der Waals surface area contributed by atoms with Gasteiger partial charge < -0.3 is 0 Å². The van der Waals surface area contributed by atoms with Crippen LogP contribution in [0.2, 0.25) is 5.02 Å². The number of benzene rings is 1. The minimum absolute atomic E-state index is 0.206. The van der Waals surface area contributed by atoms with Crippen LogP contribution in [0.5, 0.6) is 0 Å². The van der Waals surface area contributed by atoms with Crippen LogP contribution in [0.4, 0.5) is 14.9 Å². The van der Waals surface area contributed by atoms with E-state index in [0.29, 0.717) is 5.69 Å². The van der Waals surface area contributed by atoms with Crippen molar-refractivity contribution < 1.29 is 14.0 Å². The predicted molar refractivity (Wildman–Crippen MR) is 61.5 cm³/mol. The van der Waals surface area contributed by atoms with Crippen LogP contribution in [-0.4, -0.2) is 18.5 Å². The van der Waals surface area contributed by atoms with Crippen LogP contribution >= 0.6 is 11.6 Å². The second kappa shape index (κ2) is 4.33. The van der Waals surface area contributed by atoms with Gasteiger partial charge in [-0.15, -0.1) is 0 Å². The van der Waals surface area contributed by atoms with E-state index in [1.54, 1.807) is 6.92 Å². The lowest BCUT2D eigenvalue weighted by Gasteiger charge is -2.30. The van der Waals surface area contributed by atoms with Gasteiger partial charge >= 0.3 is 6.03 Å².